The Balaban J connectivity index is 0.00000324. The van der Waals surface area contributed by atoms with Gasteiger partial charge in [-0.3, -0.25) is 9.89 Å². The molecule has 2 unspecified atom stereocenters. The normalized spacial score (nSPS) is 22.1. The summed E-state index contributed by atoms with van der Waals surface area (Å²) in [4.78, 5) is 7.09. The van der Waals surface area contributed by atoms with E-state index in [4.69, 9.17) is 4.74 Å². The van der Waals surface area contributed by atoms with E-state index in [2.05, 4.69) is 82.9 Å². The summed E-state index contributed by atoms with van der Waals surface area (Å²) in [5.74, 6) is 1.37. The molecule has 2 aromatic carbocycles. The minimum atomic E-state index is 0. The van der Waals surface area contributed by atoms with E-state index in [0.29, 0.717) is 12.0 Å². The third kappa shape index (κ3) is 7.43. The maximum absolute atomic E-state index is 6.20. The zero-order chi connectivity index (χ0) is 23.0. The van der Waals surface area contributed by atoms with Crippen molar-refractivity contribution in [2.75, 3.05) is 33.3 Å². The Morgan fingerprint density at radius 2 is 1.76 bits per heavy atom. The maximum atomic E-state index is 6.20. The van der Waals surface area contributed by atoms with Gasteiger partial charge in [-0.15, -0.1) is 24.0 Å². The van der Waals surface area contributed by atoms with Crippen LogP contribution in [0.5, 0.6) is 0 Å². The third-order valence-corrected chi connectivity index (χ3v) is 7.19. The number of guanidine groups is 1. The van der Waals surface area contributed by atoms with E-state index < -0.39 is 0 Å². The van der Waals surface area contributed by atoms with Crippen LogP contribution < -0.4 is 10.6 Å². The molecular formula is C28H41IN4O. The van der Waals surface area contributed by atoms with Crippen LogP contribution in [0.25, 0.3) is 0 Å². The molecule has 5 nitrogen and oxygen atoms in total. The van der Waals surface area contributed by atoms with Gasteiger partial charge in [-0.2, -0.15) is 0 Å². The van der Waals surface area contributed by atoms with Gasteiger partial charge in [-0.05, 0) is 56.2 Å². The number of nitrogens with zero attached hydrogens (tertiary/aromatic N) is 2. The van der Waals surface area contributed by atoms with Crippen molar-refractivity contribution >= 4 is 29.9 Å². The van der Waals surface area contributed by atoms with Crippen LogP contribution in [0, 0.1) is 19.8 Å². The van der Waals surface area contributed by atoms with Gasteiger partial charge in [0.05, 0.1) is 6.10 Å². The number of hydrogen-bond acceptors (Lipinski definition) is 3. The van der Waals surface area contributed by atoms with Crippen molar-refractivity contribution < 1.29 is 4.74 Å². The van der Waals surface area contributed by atoms with E-state index in [1.807, 2.05) is 7.05 Å². The number of benzene rings is 2. The molecule has 2 aliphatic heterocycles. The van der Waals surface area contributed by atoms with Crippen molar-refractivity contribution in [2.45, 2.75) is 58.2 Å². The summed E-state index contributed by atoms with van der Waals surface area (Å²) in [5, 5.41) is 7.28. The van der Waals surface area contributed by atoms with Crippen LogP contribution in [0.2, 0.25) is 0 Å². The number of aryl methyl sites for hydroxylation is 2. The van der Waals surface area contributed by atoms with Gasteiger partial charge in [0.1, 0.15) is 0 Å². The average Bonchev–Trinajstić information content (AvgIpc) is 2.85. The summed E-state index contributed by atoms with van der Waals surface area (Å²) in [5.41, 5.74) is 5.41. The van der Waals surface area contributed by atoms with E-state index in [9.17, 15) is 0 Å². The molecule has 2 N–H and O–H groups in total. The highest BCUT2D eigenvalue weighted by Gasteiger charge is 2.28. The highest BCUT2D eigenvalue weighted by molar-refractivity contribution is 14.0. The number of rotatable bonds is 6. The van der Waals surface area contributed by atoms with Crippen molar-refractivity contribution in [3.63, 3.8) is 0 Å². The van der Waals surface area contributed by atoms with Gasteiger partial charge in [0.15, 0.2) is 5.96 Å². The van der Waals surface area contributed by atoms with E-state index >= 15 is 0 Å². The van der Waals surface area contributed by atoms with Gasteiger partial charge < -0.3 is 15.4 Å². The van der Waals surface area contributed by atoms with E-state index in [1.54, 1.807) is 0 Å². The van der Waals surface area contributed by atoms with E-state index in [-0.39, 0.29) is 30.1 Å². The topological polar surface area (TPSA) is 48.9 Å². The Bertz CT molecular complexity index is 909. The standard InChI is InChI=1S/C28H40N4O.HI/c1-21-10-12-23(13-11-21)27-24(9-6-18-33-27)19-30-28(29-3)31-26-14-16-32(17-15-26)20-25-8-5-4-7-22(25)2;/h4-5,7-8,10-13,24,26-27H,6,9,14-20H2,1-3H3,(H2,29,30,31);1H. The monoisotopic (exact) mass is 576 g/mol. The number of likely N-dealkylation sites (tertiary alicyclic amines) is 1. The van der Waals surface area contributed by atoms with Crippen LogP contribution in [0.1, 0.15) is 54.0 Å². The van der Waals surface area contributed by atoms with E-state index in [0.717, 1.165) is 58.0 Å². The Morgan fingerprint density at radius 1 is 1.03 bits per heavy atom. The third-order valence-electron chi connectivity index (χ3n) is 7.19. The SMILES string of the molecule is CN=C(NCC1CCCOC1c1ccc(C)cc1)NC1CCN(Cc2ccccc2C)CC1.I. The van der Waals surface area contributed by atoms with Gasteiger partial charge in [0.25, 0.3) is 0 Å². The van der Waals surface area contributed by atoms with Crippen LogP contribution in [-0.2, 0) is 11.3 Å². The molecule has 2 atom stereocenters. The molecule has 4 rings (SSSR count). The smallest absolute Gasteiger partial charge is 0.191 e. The Labute approximate surface area is 222 Å². The van der Waals surface area contributed by atoms with Crippen LogP contribution in [0.4, 0.5) is 0 Å². The van der Waals surface area contributed by atoms with Gasteiger partial charge >= 0.3 is 0 Å². The first-order valence-corrected chi connectivity index (χ1v) is 12.5. The zero-order valence-corrected chi connectivity index (χ0v) is 23.3. The van der Waals surface area contributed by atoms with Crippen LogP contribution in [0.3, 0.4) is 0 Å². The lowest BCUT2D eigenvalue weighted by Gasteiger charge is -2.35. The molecule has 6 heteroatoms. The highest BCUT2D eigenvalue weighted by atomic mass is 127. The van der Waals surface area contributed by atoms with Gasteiger partial charge in [0, 0.05) is 51.8 Å². The largest absolute Gasteiger partial charge is 0.373 e. The predicted molar refractivity (Wildman–Crippen MR) is 152 cm³/mol. The maximum Gasteiger partial charge on any atom is 0.191 e. The lowest BCUT2D eigenvalue weighted by atomic mass is 9.89. The summed E-state index contributed by atoms with van der Waals surface area (Å²) >= 11 is 0. The molecule has 0 radical (unpaired) electrons. The molecule has 186 valence electrons. The Hall–Kier alpha value is -1.64. The molecule has 0 aliphatic carbocycles. The molecule has 0 amide bonds. The predicted octanol–water partition coefficient (Wildman–Crippen LogP) is 5.22. The number of halogens is 1. The Kier molecular flexibility index (Phi) is 10.7. The summed E-state index contributed by atoms with van der Waals surface area (Å²) in [6.45, 7) is 9.36. The number of piperidine rings is 1. The fourth-order valence-corrected chi connectivity index (χ4v) is 5.06. The lowest BCUT2D eigenvalue weighted by Crippen LogP contribution is -2.49. The van der Waals surface area contributed by atoms with Crippen LogP contribution >= 0.6 is 24.0 Å². The summed E-state index contributed by atoms with van der Waals surface area (Å²) in [6, 6.07) is 18.0. The molecule has 2 saturated heterocycles. The fourth-order valence-electron chi connectivity index (χ4n) is 5.06. The second kappa shape index (κ2) is 13.4. The van der Waals surface area contributed by atoms with Crippen molar-refractivity contribution in [3.05, 3.63) is 70.8 Å². The molecule has 2 fully saturated rings. The summed E-state index contributed by atoms with van der Waals surface area (Å²) in [7, 11) is 1.87. The molecule has 2 aliphatic rings. The van der Waals surface area contributed by atoms with Gasteiger partial charge in [0.2, 0.25) is 0 Å². The summed E-state index contributed by atoms with van der Waals surface area (Å²) < 4.78 is 6.20. The molecular weight excluding hydrogens is 535 g/mol. The van der Waals surface area contributed by atoms with Gasteiger partial charge in [-0.25, -0.2) is 0 Å². The number of hydrogen-bond donors (Lipinski definition) is 2. The first-order chi connectivity index (χ1) is 16.1. The lowest BCUT2D eigenvalue weighted by molar-refractivity contribution is -0.0265. The molecule has 0 spiro atoms. The van der Waals surface area contributed by atoms with E-state index in [1.165, 1.54) is 28.7 Å². The minimum absolute atomic E-state index is 0. The number of ether oxygens (including phenoxy) is 1. The quantitative estimate of drug-likeness (QED) is 0.282. The second-order valence-electron chi connectivity index (χ2n) is 9.68. The number of nitrogens with one attached hydrogen (secondary N) is 2. The highest BCUT2D eigenvalue weighted by Crippen LogP contribution is 2.33. The van der Waals surface area contributed by atoms with Gasteiger partial charge in [-0.1, -0.05) is 54.1 Å². The number of aliphatic imine (C=N–C) groups is 1. The van der Waals surface area contributed by atoms with Crippen molar-refractivity contribution in [2.24, 2.45) is 10.9 Å². The second-order valence-corrected chi connectivity index (χ2v) is 9.68. The fraction of sp³-hybridized carbons (Fsp3) is 0.536. The zero-order valence-electron chi connectivity index (χ0n) is 20.9. The first kappa shape index (κ1) is 27.0. The van der Waals surface area contributed by atoms with Crippen molar-refractivity contribution in [3.8, 4) is 0 Å². The molecule has 2 aromatic rings. The molecule has 0 aromatic heterocycles. The Morgan fingerprint density at radius 3 is 2.47 bits per heavy atom. The molecule has 2 heterocycles. The molecule has 0 saturated carbocycles. The van der Waals surface area contributed by atoms with Crippen LogP contribution in [-0.4, -0.2) is 50.2 Å². The first-order valence-electron chi connectivity index (χ1n) is 12.5. The van der Waals surface area contributed by atoms with Crippen molar-refractivity contribution in [1.82, 2.24) is 15.5 Å². The van der Waals surface area contributed by atoms with Crippen LogP contribution in [0.15, 0.2) is 53.5 Å². The average molecular weight is 577 g/mol. The molecule has 34 heavy (non-hydrogen) atoms. The van der Waals surface area contributed by atoms with Crippen molar-refractivity contribution in [1.29, 1.82) is 0 Å². The molecule has 0 bridgehead atoms. The summed E-state index contributed by atoms with van der Waals surface area (Å²) in [6.07, 6.45) is 4.76. The minimum Gasteiger partial charge on any atom is -0.373 e.